The summed E-state index contributed by atoms with van der Waals surface area (Å²) in [5.74, 6) is -1.30. The molecule has 1 saturated heterocycles. The maximum Gasteiger partial charge on any atom is 0.328 e. The van der Waals surface area contributed by atoms with Gasteiger partial charge in [-0.1, -0.05) is 0 Å². The number of carbonyl (C=O) groups excluding carboxylic acids is 2. The Balaban J connectivity index is 2.29. The van der Waals surface area contributed by atoms with Crippen LogP contribution in [0.15, 0.2) is 16.9 Å². The van der Waals surface area contributed by atoms with Crippen LogP contribution < -0.4 is 5.56 Å². The number of nitrogens with zero attached hydrogens (tertiary/aromatic N) is 1. The van der Waals surface area contributed by atoms with Crippen molar-refractivity contribution >= 4 is 11.9 Å². The second-order valence-electron chi connectivity index (χ2n) is 4.65. The number of hydrogen-bond acceptors (Lipinski definition) is 5. The quantitative estimate of drug-likeness (QED) is 0.756. The van der Waals surface area contributed by atoms with Gasteiger partial charge in [0.25, 0.3) is 11.5 Å². The number of carbonyl (C=O) groups is 2. The topological polar surface area (TPSA) is 99.7 Å². The van der Waals surface area contributed by atoms with E-state index in [0.717, 1.165) is 18.9 Å². The molecule has 1 aliphatic rings. The summed E-state index contributed by atoms with van der Waals surface area (Å²) in [6, 6.07) is 1.64. The molecule has 1 atom stereocenters. The molecule has 0 radical (unpaired) electrons. The highest BCUT2D eigenvalue weighted by Gasteiger charge is 2.33. The predicted octanol–water partition coefficient (Wildman–Crippen LogP) is 0.248. The van der Waals surface area contributed by atoms with Crippen LogP contribution in [0.25, 0.3) is 0 Å². The summed E-state index contributed by atoms with van der Waals surface area (Å²) in [5, 5.41) is 9.34. The molecule has 1 fully saturated rings. The second kappa shape index (κ2) is 5.77. The smallest absolute Gasteiger partial charge is 0.328 e. The van der Waals surface area contributed by atoms with E-state index in [0.29, 0.717) is 13.0 Å². The first kappa shape index (κ1) is 14.1. The van der Waals surface area contributed by atoms with Crippen molar-refractivity contribution in [2.45, 2.75) is 25.3 Å². The molecule has 1 aromatic rings. The molecule has 20 heavy (non-hydrogen) atoms. The number of pyridine rings is 1. The second-order valence-corrected chi connectivity index (χ2v) is 4.65. The average Bonchev–Trinajstić information content (AvgIpc) is 2.44. The van der Waals surface area contributed by atoms with Crippen molar-refractivity contribution in [1.82, 2.24) is 9.88 Å². The molecule has 1 aromatic heterocycles. The van der Waals surface area contributed by atoms with Gasteiger partial charge in [0, 0.05) is 18.7 Å². The Bertz CT molecular complexity index is 580. The van der Waals surface area contributed by atoms with E-state index in [1.54, 1.807) is 0 Å². The van der Waals surface area contributed by atoms with Gasteiger partial charge in [0.1, 0.15) is 6.04 Å². The van der Waals surface area contributed by atoms with Gasteiger partial charge in [-0.05, 0) is 19.3 Å². The van der Waals surface area contributed by atoms with Gasteiger partial charge in [-0.15, -0.1) is 0 Å². The van der Waals surface area contributed by atoms with Crippen LogP contribution >= 0.6 is 0 Å². The number of aromatic nitrogens is 1. The van der Waals surface area contributed by atoms with Crippen LogP contribution in [0.2, 0.25) is 0 Å². The van der Waals surface area contributed by atoms with Gasteiger partial charge < -0.3 is 14.7 Å². The molecule has 2 N–H and O–H groups in total. The third-order valence-electron chi connectivity index (χ3n) is 3.31. The Kier molecular flexibility index (Phi) is 4.07. The number of amides is 1. The normalized spacial score (nSPS) is 18.6. The molecule has 108 valence electrons. The average molecular weight is 280 g/mol. The fourth-order valence-corrected chi connectivity index (χ4v) is 2.37. The minimum atomic E-state index is -0.636. The molecule has 7 heteroatoms. The Morgan fingerprint density at radius 1 is 1.40 bits per heavy atom. The molecule has 0 unspecified atom stereocenters. The molecule has 0 saturated carbocycles. The number of likely N-dealkylation sites (tertiary alicyclic amines) is 1. The van der Waals surface area contributed by atoms with Gasteiger partial charge in [0.15, 0.2) is 5.88 Å². The molecule has 2 heterocycles. The lowest BCUT2D eigenvalue weighted by Crippen LogP contribution is -2.48. The number of H-pyrrole nitrogens is 1. The molecule has 0 spiro atoms. The number of piperidine rings is 1. The molecule has 0 aromatic carbocycles. The SMILES string of the molecule is COC(=O)[C@H]1CCCCN1C(=O)c1cc(O)[nH]c(=O)c1. The van der Waals surface area contributed by atoms with Crippen LogP contribution in [0, 0.1) is 0 Å². The number of esters is 1. The number of aromatic hydroxyl groups is 1. The Labute approximate surface area is 115 Å². The Morgan fingerprint density at radius 2 is 2.15 bits per heavy atom. The largest absolute Gasteiger partial charge is 0.494 e. The minimum absolute atomic E-state index is 0.0575. The Hall–Kier alpha value is -2.31. The lowest BCUT2D eigenvalue weighted by atomic mass is 10.0. The number of methoxy groups -OCH3 is 1. The van der Waals surface area contributed by atoms with Crippen molar-refractivity contribution in [3.63, 3.8) is 0 Å². The summed E-state index contributed by atoms with van der Waals surface area (Å²) in [6.07, 6.45) is 2.16. The van der Waals surface area contributed by atoms with Crippen LogP contribution in [0.3, 0.4) is 0 Å². The van der Waals surface area contributed by atoms with Crippen LogP contribution in [0.1, 0.15) is 29.6 Å². The van der Waals surface area contributed by atoms with Gasteiger partial charge in [-0.3, -0.25) is 14.6 Å². The first-order valence-corrected chi connectivity index (χ1v) is 6.35. The van der Waals surface area contributed by atoms with Gasteiger partial charge in [0.05, 0.1) is 12.7 Å². The minimum Gasteiger partial charge on any atom is -0.494 e. The van der Waals surface area contributed by atoms with Gasteiger partial charge in [0.2, 0.25) is 0 Å². The highest BCUT2D eigenvalue weighted by Crippen LogP contribution is 2.21. The van der Waals surface area contributed by atoms with E-state index >= 15 is 0 Å². The van der Waals surface area contributed by atoms with E-state index in [2.05, 4.69) is 4.98 Å². The van der Waals surface area contributed by atoms with Crippen molar-refractivity contribution < 1.29 is 19.4 Å². The van der Waals surface area contributed by atoms with Crippen molar-refractivity contribution in [2.24, 2.45) is 0 Å². The fraction of sp³-hybridized carbons (Fsp3) is 0.462. The third-order valence-corrected chi connectivity index (χ3v) is 3.31. The molecular weight excluding hydrogens is 264 g/mol. The lowest BCUT2D eigenvalue weighted by molar-refractivity contribution is -0.147. The van der Waals surface area contributed by atoms with Crippen molar-refractivity contribution in [1.29, 1.82) is 0 Å². The van der Waals surface area contributed by atoms with Crippen molar-refractivity contribution in [3.8, 4) is 5.88 Å². The molecule has 2 rings (SSSR count). The summed E-state index contributed by atoms with van der Waals surface area (Å²) in [6.45, 7) is 0.423. The van der Waals surface area contributed by atoms with E-state index in [-0.39, 0.29) is 11.4 Å². The predicted molar refractivity (Wildman–Crippen MR) is 69.4 cm³/mol. The fourth-order valence-electron chi connectivity index (χ4n) is 2.37. The zero-order chi connectivity index (χ0) is 14.7. The standard InChI is InChI=1S/C13H16N2O5/c1-20-13(19)9-4-2-3-5-15(9)12(18)8-6-10(16)14-11(17)7-8/h6-7,9H,2-5H2,1H3,(H2,14,16,17)/t9-/m1/s1. The summed E-state index contributed by atoms with van der Waals surface area (Å²) in [7, 11) is 1.28. The number of ether oxygens (including phenoxy) is 1. The number of rotatable bonds is 2. The maximum absolute atomic E-state index is 12.4. The maximum atomic E-state index is 12.4. The van der Waals surface area contributed by atoms with E-state index in [4.69, 9.17) is 4.74 Å². The van der Waals surface area contributed by atoms with E-state index in [1.165, 1.54) is 18.1 Å². The summed E-state index contributed by atoms with van der Waals surface area (Å²) >= 11 is 0. The van der Waals surface area contributed by atoms with Crippen LogP contribution in [-0.4, -0.2) is 46.6 Å². The van der Waals surface area contributed by atoms with Crippen molar-refractivity contribution in [3.05, 3.63) is 28.0 Å². The molecule has 7 nitrogen and oxygen atoms in total. The van der Waals surface area contributed by atoms with E-state index < -0.39 is 23.5 Å². The van der Waals surface area contributed by atoms with Gasteiger partial charge in [-0.2, -0.15) is 0 Å². The van der Waals surface area contributed by atoms with Crippen molar-refractivity contribution in [2.75, 3.05) is 13.7 Å². The lowest BCUT2D eigenvalue weighted by Gasteiger charge is -2.33. The number of aromatic amines is 1. The molecule has 0 bridgehead atoms. The van der Waals surface area contributed by atoms with Crippen LogP contribution in [0.4, 0.5) is 0 Å². The summed E-state index contributed by atoms with van der Waals surface area (Å²) in [5.41, 5.74) is -0.512. The van der Waals surface area contributed by atoms with Gasteiger partial charge in [-0.25, -0.2) is 4.79 Å². The van der Waals surface area contributed by atoms with E-state index in [9.17, 15) is 19.5 Å². The zero-order valence-electron chi connectivity index (χ0n) is 11.1. The highest BCUT2D eigenvalue weighted by molar-refractivity contribution is 5.97. The van der Waals surface area contributed by atoms with Crippen LogP contribution in [0.5, 0.6) is 5.88 Å². The monoisotopic (exact) mass is 280 g/mol. The number of nitrogens with one attached hydrogen (secondary N) is 1. The molecule has 1 amide bonds. The zero-order valence-corrected chi connectivity index (χ0v) is 11.1. The van der Waals surface area contributed by atoms with Gasteiger partial charge >= 0.3 is 5.97 Å². The summed E-state index contributed by atoms with van der Waals surface area (Å²) < 4.78 is 4.70. The first-order valence-electron chi connectivity index (χ1n) is 6.35. The van der Waals surface area contributed by atoms with E-state index in [1.807, 2.05) is 0 Å². The Morgan fingerprint density at radius 3 is 2.80 bits per heavy atom. The molecular formula is C13H16N2O5. The highest BCUT2D eigenvalue weighted by atomic mass is 16.5. The molecule has 0 aliphatic carbocycles. The third kappa shape index (κ3) is 2.81. The summed E-state index contributed by atoms with van der Waals surface area (Å²) in [4.78, 5) is 38.9. The van der Waals surface area contributed by atoms with Crippen LogP contribution in [-0.2, 0) is 9.53 Å². The molecule has 1 aliphatic heterocycles. The first-order chi connectivity index (χ1) is 9.52. The number of hydrogen-bond donors (Lipinski definition) is 2.